The third-order valence-electron chi connectivity index (χ3n) is 2.91. The van der Waals surface area contributed by atoms with Crippen LogP contribution in [0.2, 0.25) is 0 Å². The van der Waals surface area contributed by atoms with E-state index in [4.69, 9.17) is 0 Å². The van der Waals surface area contributed by atoms with Gasteiger partial charge in [0.2, 0.25) is 5.91 Å². The van der Waals surface area contributed by atoms with Crippen molar-refractivity contribution in [3.05, 3.63) is 46.0 Å². The normalized spacial score (nSPS) is 10.7. The molecule has 3 aromatic rings. The average molecular weight is 409 g/mol. The van der Waals surface area contributed by atoms with Gasteiger partial charge in [0.15, 0.2) is 10.3 Å². The van der Waals surface area contributed by atoms with Gasteiger partial charge in [0.1, 0.15) is 0 Å². The summed E-state index contributed by atoms with van der Waals surface area (Å²) < 4.78 is 1.03. The number of imidazole rings is 1. The number of hydrogen-bond acceptors (Lipinski definition) is 5. The number of benzene rings is 1. The van der Waals surface area contributed by atoms with Crippen LogP contribution in [0.4, 0.5) is 5.13 Å². The molecule has 0 spiro atoms. The maximum absolute atomic E-state index is 11.9. The van der Waals surface area contributed by atoms with Crippen LogP contribution in [0.25, 0.3) is 11.3 Å². The number of nitrogens with one attached hydrogen (secondary N) is 2. The van der Waals surface area contributed by atoms with Crippen molar-refractivity contribution in [1.82, 2.24) is 15.0 Å². The van der Waals surface area contributed by atoms with Gasteiger partial charge in [-0.15, -0.1) is 11.3 Å². The Balaban J connectivity index is 1.56. The van der Waals surface area contributed by atoms with Crippen LogP contribution in [-0.4, -0.2) is 26.6 Å². The SMILES string of the molecule is Cc1csc(NC(=O)CSc2ncc(-c3ccc(Br)cc3)[nH]2)n1. The molecule has 2 N–H and O–H groups in total. The number of thioether (sulfide) groups is 1. The van der Waals surface area contributed by atoms with Crippen molar-refractivity contribution >= 4 is 50.1 Å². The molecule has 0 unspecified atom stereocenters. The molecule has 3 rings (SSSR count). The molecule has 2 heterocycles. The van der Waals surface area contributed by atoms with Gasteiger partial charge in [-0.1, -0.05) is 39.8 Å². The zero-order chi connectivity index (χ0) is 16.2. The molecule has 1 amide bonds. The summed E-state index contributed by atoms with van der Waals surface area (Å²) in [5.74, 6) is 0.192. The first-order valence-corrected chi connectivity index (χ1v) is 9.42. The van der Waals surface area contributed by atoms with Crippen LogP contribution in [-0.2, 0) is 4.79 Å². The molecule has 0 saturated heterocycles. The average Bonchev–Trinajstić information content (AvgIpc) is 3.15. The summed E-state index contributed by atoms with van der Waals surface area (Å²) in [6.07, 6.45) is 1.77. The fourth-order valence-electron chi connectivity index (χ4n) is 1.85. The van der Waals surface area contributed by atoms with E-state index in [2.05, 4.69) is 36.2 Å². The second kappa shape index (κ2) is 7.29. The smallest absolute Gasteiger partial charge is 0.236 e. The van der Waals surface area contributed by atoms with Crippen LogP contribution in [0.3, 0.4) is 0 Å². The summed E-state index contributed by atoms with van der Waals surface area (Å²) >= 11 is 6.20. The Labute approximate surface area is 150 Å². The highest BCUT2D eigenvalue weighted by Crippen LogP contribution is 2.23. The van der Waals surface area contributed by atoms with E-state index >= 15 is 0 Å². The van der Waals surface area contributed by atoms with Crippen LogP contribution in [0, 0.1) is 6.92 Å². The molecule has 0 aliphatic rings. The van der Waals surface area contributed by atoms with Crippen LogP contribution >= 0.6 is 39.0 Å². The summed E-state index contributed by atoms with van der Waals surface area (Å²) in [7, 11) is 0. The molecule has 0 saturated carbocycles. The number of carbonyl (C=O) groups is 1. The topological polar surface area (TPSA) is 70.7 Å². The molecule has 23 heavy (non-hydrogen) atoms. The van der Waals surface area contributed by atoms with E-state index in [0.717, 1.165) is 21.4 Å². The van der Waals surface area contributed by atoms with Gasteiger partial charge in [-0.3, -0.25) is 4.79 Å². The minimum absolute atomic E-state index is 0.0917. The van der Waals surface area contributed by atoms with Crippen molar-refractivity contribution < 1.29 is 4.79 Å². The molecule has 8 heteroatoms. The lowest BCUT2D eigenvalue weighted by molar-refractivity contribution is -0.113. The maximum atomic E-state index is 11.9. The summed E-state index contributed by atoms with van der Waals surface area (Å²) in [6, 6.07) is 7.96. The van der Waals surface area contributed by atoms with E-state index < -0.39 is 0 Å². The molecule has 0 atom stereocenters. The number of carbonyl (C=O) groups excluding carboxylic acids is 1. The second-order valence-electron chi connectivity index (χ2n) is 4.74. The van der Waals surface area contributed by atoms with Crippen LogP contribution in [0.5, 0.6) is 0 Å². The Morgan fingerprint density at radius 2 is 2.17 bits per heavy atom. The van der Waals surface area contributed by atoms with Gasteiger partial charge in [0, 0.05) is 9.85 Å². The standard InChI is InChI=1S/C15H13BrN4OS2/c1-9-7-22-15(18-9)20-13(21)8-23-14-17-6-12(19-14)10-2-4-11(16)5-3-10/h2-7H,8H2,1H3,(H,17,19)(H,18,20,21). The number of halogens is 1. The molecular weight excluding hydrogens is 396 g/mol. The van der Waals surface area contributed by atoms with Crippen molar-refractivity contribution in [2.45, 2.75) is 12.1 Å². The Morgan fingerprint density at radius 3 is 2.87 bits per heavy atom. The predicted octanol–water partition coefficient (Wildman–Crippen LogP) is 4.33. The first kappa shape index (κ1) is 16.2. The predicted molar refractivity (Wildman–Crippen MR) is 97.9 cm³/mol. The molecule has 2 aromatic heterocycles. The lowest BCUT2D eigenvalue weighted by atomic mass is 10.2. The number of aromatic nitrogens is 3. The van der Waals surface area contributed by atoms with E-state index in [1.807, 2.05) is 36.6 Å². The van der Waals surface area contributed by atoms with Crippen molar-refractivity contribution in [2.24, 2.45) is 0 Å². The van der Waals surface area contributed by atoms with E-state index in [0.29, 0.717) is 10.3 Å². The third-order valence-corrected chi connectivity index (χ3v) is 5.20. The number of nitrogens with zero attached hydrogens (tertiary/aromatic N) is 2. The highest BCUT2D eigenvalue weighted by atomic mass is 79.9. The zero-order valence-electron chi connectivity index (χ0n) is 12.2. The Morgan fingerprint density at radius 1 is 1.39 bits per heavy atom. The van der Waals surface area contributed by atoms with Crippen LogP contribution in [0.15, 0.2) is 45.5 Å². The van der Waals surface area contributed by atoms with Crippen LogP contribution in [0.1, 0.15) is 5.69 Å². The number of amides is 1. The largest absolute Gasteiger partial charge is 0.333 e. The molecule has 118 valence electrons. The van der Waals surface area contributed by atoms with E-state index in [9.17, 15) is 4.79 Å². The van der Waals surface area contributed by atoms with Crippen LogP contribution < -0.4 is 5.32 Å². The molecule has 1 aromatic carbocycles. The number of anilines is 1. The first-order valence-electron chi connectivity index (χ1n) is 6.76. The van der Waals surface area contributed by atoms with Gasteiger partial charge in [-0.25, -0.2) is 9.97 Å². The number of aryl methyl sites for hydroxylation is 1. The highest BCUT2D eigenvalue weighted by molar-refractivity contribution is 9.10. The van der Waals surface area contributed by atoms with E-state index in [1.165, 1.54) is 23.1 Å². The lowest BCUT2D eigenvalue weighted by Crippen LogP contribution is -2.13. The Kier molecular flexibility index (Phi) is 5.14. The second-order valence-corrected chi connectivity index (χ2v) is 7.48. The fourth-order valence-corrected chi connectivity index (χ4v) is 3.47. The molecule has 0 fully saturated rings. The summed E-state index contributed by atoms with van der Waals surface area (Å²) in [5.41, 5.74) is 2.88. The molecule has 0 radical (unpaired) electrons. The molecular formula is C15H13BrN4OS2. The number of thiazole rings is 1. The zero-order valence-corrected chi connectivity index (χ0v) is 15.4. The Bertz CT molecular complexity index is 813. The fraction of sp³-hybridized carbons (Fsp3) is 0.133. The van der Waals surface area contributed by atoms with Crippen molar-refractivity contribution in [3.8, 4) is 11.3 Å². The van der Waals surface area contributed by atoms with Crippen molar-refractivity contribution in [3.63, 3.8) is 0 Å². The number of hydrogen-bond donors (Lipinski definition) is 2. The highest BCUT2D eigenvalue weighted by Gasteiger charge is 2.09. The van der Waals surface area contributed by atoms with Gasteiger partial charge in [-0.2, -0.15) is 0 Å². The molecule has 0 aliphatic heterocycles. The lowest BCUT2D eigenvalue weighted by Gasteiger charge is -2.00. The monoisotopic (exact) mass is 408 g/mol. The van der Waals surface area contributed by atoms with Crippen molar-refractivity contribution in [1.29, 1.82) is 0 Å². The van der Waals surface area contributed by atoms with Gasteiger partial charge < -0.3 is 10.3 Å². The summed E-state index contributed by atoms with van der Waals surface area (Å²) in [5, 5.41) is 6.02. The minimum Gasteiger partial charge on any atom is -0.333 e. The maximum Gasteiger partial charge on any atom is 0.236 e. The van der Waals surface area contributed by atoms with Crippen molar-refractivity contribution in [2.75, 3.05) is 11.1 Å². The quantitative estimate of drug-likeness (QED) is 0.616. The summed E-state index contributed by atoms with van der Waals surface area (Å²) in [6.45, 7) is 1.90. The van der Waals surface area contributed by atoms with Gasteiger partial charge in [0.25, 0.3) is 0 Å². The Hall–Kier alpha value is -1.64. The van der Waals surface area contributed by atoms with Gasteiger partial charge in [-0.05, 0) is 24.6 Å². The summed E-state index contributed by atoms with van der Waals surface area (Å²) in [4.78, 5) is 23.6. The van der Waals surface area contributed by atoms with Gasteiger partial charge in [0.05, 0.1) is 23.3 Å². The molecule has 0 bridgehead atoms. The van der Waals surface area contributed by atoms with E-state index in [-0.39, 0.29) is 11.7 Å². The number of aromatic amines is 1. The minimum atomic E-state index is -0.0917. The van der Waals surface area contributed by atoms with Gasteiger partial charge >= 0.3 is 0 Å². The first-order chi connectivity index (χ1) is 11.1. The number of H-pyrrole nitrogens is 1. The number of rotatable bonds is 5. The third kappa shape index (κ3) is 4.43. The molecule has 0 aliphatic carbocycles. The molecule has 5 nitrogen and oxygen atoms in total. The van der Waals surface area contributed by atoms with E-state index in [1.54, 1.807) is 6.20 Å².